The molecule has 1 aliphatic heterocycles. The van der Waals surface area contributed by atoms with Crippen molar-refractivity contribution >= 4 is 0 Å². The zero-order valence-corrected chi connectivity index (χ0v) is 3.83. The van der Waals surface area contributed by atoms with E-state index in [-0.39, 0.29) is 0 Å². The van der Waals surface area contributed by atoms with Crippen molar-refractivity contribution in [3.05, 3.63) is 0 Å². The number of rotatable bonds is 0. The van der Waals surface area contributed by atoms with Gasteiger partial charge in [0.1, 0.15) is 6.61 Å². The molecule has 1 rings (SSSR count). The highest BCUT2D eigenvalue weighted by Crippen LogP contribution is 2.38. The molecule has 0 aromatic carbocycles. The Bertz CT molecular complexity index is 102. The van der Waals surface area contributed by atoms with Crippen LogP contribution in [0.25, 0.3) is 0 Å². The Labute approximate surface area is 43.4 Å². The molecule has 1 aliphatic rings. The molecular weight excluding hydrogens is 123 g/mol. The van der Waals surface area contributed by atoms with E-state index in [1.807, 2.05) is 0 Å². The number of nitrogens with two attached hydrogens (primary N) is 1. The molecule has 1 atom stereocenters. The van der Waals surface area contributed by atoms with Gasteiger partial charge < -0.3 is 4.74 Å². The Balaban J connectivity index is 2.58. The van der Waals surface area contributed by atoms with Gasteiger partial charge in [-0.3, -0.25) is 5.73 Å². The minimum absolute atomic E-state index is 0.406. The van der Waals surface area contributed by atoms with Crippen molar-refractivity contribution < 1.29 is 17.9 Å². The van der Waals surface area contributed by atoms with E-state index in [0.717, 1.165) is 0 Å². The van der Waals surface area contributed by atoms with E-state index in [1.165, 1.54) is 0 Å². The lowest BCUT2D eigenvalue weighted by Gasteiger charge is -2.08. The van der Waals surface area contributed by atoms with Crippen LogP contribution in [0.5, 0.6) is 0 Å². The number of hydrogen-bond acceptors (Lipinski definition) is 2. The van der Waals surface area contributed by atoms with Crippen molar-refractivity contribution in [2.75, 3.05) is 6.61 Å². The summed E-state index contributed by atoms with van der Waals surface area (Å²) < 4.78 is 38.0. The van der Waals surface area contributed by atoms with Crippen LogP contribution in [0.15, 0.2) is 0 Å². The average molecular weight is 127 g/mol. The number of alkyl halides is 3. The van der Waals surface area contributed by atoms with Gasteiger partial charge in [0, 0.05) is 0 Å². The minimum atomic E-state index is -4.40. The number of halogens is 3. The highest BCUT2D eigenvalue weighted by molar-refractivity contribution is 4.92. The largest absolute Gasteiger partial charge is 0.433 e. The van der Waals surface area contributed by atoms with Gasteiger partial charge >= 0.3 is 6.18 Å². The van der Waals surface area contributed by atoms with Gasteiger partial charge in [-0.2, -0.15) is 13.2 Å². The van der Waals surface area contributed by atoms with Gasteiger partial charge in [0.15, 0.2) is 0 Å². The summed E-state index contributed by atoms with van der Waals surface area (Å²) >= 11 is 0. The van der Waals surface area contributed by atoms with Crippen LogP contribution in [-0.4, -0.2) is 18.5 Å². The van der Waals surface area contributed by atoms with Gasteiger partial charge in [-0.15, -0.1) is 0 Å². The minimum Gasteiger partial charge on any atom is -0.345 e. The molecule has 0 radical (unpaired) electrons. The van der Waals surface area contributed by atoms with E-state index in [0.29, 0.717) is 0 Å². The van der Waals surface area contributed by atoms with Crippen molar-refractivity contribution in [1.82, 2.24) is 0 Å². The smallest absolute Gasteiger partial charge is 0.345 e. The molecule has 0 aromatic heterocycles. The first-order valence-corrected chi connectivity index (χ1v) is 1.95. The molecule has 48 valence electrons. The van der Waals surface area contributed by atoms with Gasteiger partial charge in [0.2, 0.25) is 5.72 Å². The Morgan fingerprint density at radius 2 is 1.88 bits per heavy atom. The summed E-state index contributed by atoms with van der Waals surface area (Å²) in [6.45, 7) is -0.406. The standard InChI is InChI=1S/C3H4F3NO/c4-3(5,6)2(7)1-8-2/h1,7H2. The SMILES string of the molecule is NC1(C(F)(F)F)CO1. The predicted molar refractivity (Wildman–Crippen MR) is 18.9 cm³/mol. The van der Waals surface area contributed by atoms with Crippen LogP contribution in [0.4, 0.5) is 13.2 Å². The first kappa shape index (κ1) is 5.84. The molecule has 8 heavy (non-hydrogen) atoms. The molecule has 2 N–H and O–H groups in total. The van der Waals surface area contributed by atoms with Crippen LogP contribution in [0.3, 0.4) is 0 Å². The molecule has 0 amide bonds. The molecule has 0 spiro atoms. The molecule has 1 heterocycles. The first-order valence-electron chi connectivity index (χ1n) is 1.95. The third kappa shape index (κ3) is 0.674. The molecular formula is C3H4F3NO. The van der Waals surface area contributed by atoms with E-state index in [4.69, 9.17) is 0 Å². The van der Waals surface area contributed by atoms with Gasteiger partial charge in [0.25, 0.3) is 0 Å². The highest BCUT2D eigenvalue weighted by Gasteiger charge is 2.63. The van der Waals surface area contributed by atoms with Gasteiger partial charge in [0.05, 0.1) is 0 Å². The maximum Gasteiger partial charge on any atom is 0.433 e. The van der Waals surface area contributed by atoms with Crippen molar-refractivity contribution in [1.29, 1.82) is 0 Å². The second kappa shape index (κ2) is 1.16. The van der Waals surface area contributed by atoms with Crippen molar-refractivity contribution in [3.63, 3.8) is 0 Å². The molecule has 5 heteroatoms. The number of epoxide rings is 1. The second-order valence-electron chi connectivity index (χ2n) is 1.68. The molecule has 1 fully saturated rings. The monoisotopic (exact) mass is 127 g/mol. The Morgan fingerprint density at radius 1 is 1.50 bits per heavy atom. The van der Waals surface area contributed by atoms with Gasteiger partial charge in [-0.05, 0) is 0 Å². The zero-order valence-electron chi connectivity index (χ0n) is 3.83. The summed E-state index contributed by atoms with van der Waals surface area (Å²) in [5.41, 5.74) is 2.26. The van der Waals surface area contributed by atoms with E-state index in [2.05, 4.69) is 10.5 Å². The van der Waals surface area contributed by atoms with Crippen LogP contribution in [0, 0.1) is 0 Å². The lowest BCUT2D eigenvalue weighted by Crippen LogP contribution is -2.41. The van der Waals surface area contributed by atoms with Crippen molar-refractivity contribution in [3.8, 4) is 0 Å². The lowest BCUT2D eigenvalue weighted by molar-refractivity contribution is -0.181. The summed E-state index contributed by atoms with van der Waals surface area (Å²) in [5, 5.41) is 0. The zero-order chi connectivity index (χ0) is 6.41. The molecule has 1 unspecified atom stereocenters. The fraction of sp³-hybridized carbons (Fsp3) is 1.00. The highest BCUT2D eigenvalue weighted by atomic mass is 19.4. The number of ether oxygens (including phenoxy) is 1. The number of hydrogen-bond donors (Lipinski definition) is 1. The Morgan fingerprint density at radius 3 is 1.88 bits per heavy atom. The molecule has 0 saturated carbocycles. The summed E-state index contributed by atoms with van der Waals surface area (Å²) in [5.74, 6) is 0. The molecule has 0 aliphatic carbocycles. The quantitative estimate of drug-likeness (QED) is 0.473. The third-order valence-electron chi connectivity index (χ3n) is 0.935. The second-order valence-corrected chi connectivity index (χ2v) is 1.68. The first-order chi connectivity index (χ1) is 3.46. The molecule has 0 bridgehead atoms. The lowest BCUT2D eigenvalue weighted by atomic mass is 10.3. The molecule has 2 nitrogen and oxygen atoms in total. The van der Waals surface area contributed by atoms with E-state index < -0.39 is 18.5 Å². The fourth-order valence-corrected chi connectivity index (χ4v) is 0.241. The Kier molecular flexibility index (Phi) is 0.850. The fourth-order valence-electron chi connectivity index (χ4n) is 0.241. The summed E-state index contributed by atoms with van der Waals surface area (Å²) in [6.07, 6.45) is -4.40. The third-order valence-corrected chi connectivity index (χ3v) is 0.935. The van der Waals surface area contributed by atoms with E-state index in [1.54, 1.807) is 0 Å². The summed E-state index contributed by atoms with van der Waals surface area (Å²) in [6, 6.07) is 0. The molecule has 0 aromatic rings. The normalized spacial score (nSPS) is 37.5. The van der Waals surface area contributed by atoms with Crippen LogP contribution in [-0.2, 0) is 4.74 Å². The van der Waals surface area contributed by atoms with Crippen LogP contribution >= 0.6 is 0 Å². The van der Waals surface area contributed by atoms with Gasteiger partial charge in [-0.25, -0.2) is 0 Å². The van der Waals surface area contributed by atoms with Crippen LogP contribution < -0.4 is 5.73 Å². The molecule has 1 saturated heterocycles. The van der Waals surface area contributed by atoms with Crippen LogP contribution in [0.1, 0.15) is 0 Å². The van der Waals surface area contributed by atoms with Crippen molar-refractivity contribution in [2.24, 2.45) is 5.73 Å². The maximum absolute atomic E-state index is 11.4. The van der Waals surface area contributed by atoms with E-state index >= 15 is 0 Å². The summed E-state index contributed by atoms with van der Waals surface area (Å²) in [7, 11) is 0. The predicted octanol–water partition coefficient (Wildman–Crippen LogP) is 0.234. The summed E-state index contributed by atoms with van der Waals surface area (Å²) in [4.78, 5) is 0. The average Bonchev–Trinajstić information content (AvgIpc) is 2.16. The van der Waals surface area contributed by atoms with Gasteiger partial charge in [-0.1, -0.05) is 0 Å². The topological polar surface area (TPSA) is 38.5 Å². The maximum atomic E-state index is 11.4. The van der Waals surface area contributed by atoms with Crippen LogP contribution in [0.2, 0.25) is 0 Å². The van der Waals surface area contributed by atoms with Crippen molar-refractivity contribution in [2.45, 2.75) is 11.9 Å². The Hall–Kier alpha value is -0.290. The van der Waals surface area contributed by atoms with E-state index in [9.17, 15) is 13.2 Å².